The molecule has 0 amide bonds. The standard InChI is InChI=1S/C19H16.C3H8.3C2H6.CH4S/c1-3-4-9-15-14(2)16-10-5-6-11-18(16)19-13-8-7-12-17(15)19;1-3-2;4*1-2/h3-13H,1H2,2H3;3H2,1-2H3;3*1-2H3;2H,1H3/b9-4-;;;;;. The van der Waals surface area contributed by atoms with Crippen molar-refractivity contribution in [2.24, 2.45) is 0 Å². The predicted octanol–water partition coefficient (Wildman–Crippen LogP) is 10.5. The molecule has 0 aromatic heterocycles. The van der Waals surface area contributed by atoms with Crippen LogP contribution in [0.1, 0.15) is 72.9 Å². The zero-order chi connectivity index (χ0) is 23.9. The second-order valence-electron chi connectivity index (χ2n) is 5.43. The van der Waals surface area contributed by atoms with Gasteiger partial charge in [0.25, 0.3) is 0 Å². The van der Waals surface area contributed by atoms with E-state index in [1.54, 1.807) is 6.26 Å². The summed E-state index contributed by atoms with van der Waals surface area (Å²) in [6, 6.07) is 17.2. The molecule has 30 heavy (non-hydrogen) atoms. The maximum absolute atomic E-state index is 3.76. The zero-order valence-electron chi connectivity index (χ0n) is 21.2. The molecule has 168 valence electrons. The van der Waals surface area contributed by atoms with Gasteiger partial charge in [0.2, 0.25) is 0 Å². The number of hydrogen-bond acceptors (Lipinski definition) is 1. The van der Waals surface area contributed by atoms with Crippen LogP contribution >= 0.6 is 12.6 Å². The van der Waals surface area contributed by atoms with E-state index in [1.807, 2.05) is 53.7 Å². The molecule has 0 spiro atoms. The summed E-state index contributed by atoms with van der Waals surface area (Å²) < 4.78 is 0. The molecule has 0 aliphatic rings. The fourth-order valence-electron chi connectivity index (χ4n) is 2.72. The van der Waals surface area contributed by atoms with Crippen LogP contribution in [0, 0.1) is 6.92 Å². The van der Waals surface area contributed by atoms with Gasteiger partial charge in [0.1, 0.15) is 0 Å². The van der Waals surface area contributed by atoms with Gasteiger partial charge in [-0.2, -0.15) is 12.6 Å². The Kier molecular flexibility index (Phi) is 25.4. The Hall–Kier alpha value is -1.99. The van der Waals surface area contributed by atoms with Crippen LogP contribution in [0.2, 0.25) is 0 Å². The first-order valence-corrected chi connectivity index (χ1v) is 12.3. The van der Waals surface area contributed by atoms with E-state index in [0.29, 0.717) is 0 Å². The summed E-state index contributed by atoms with van der Waals surface area (Å²) in [7, 11) is 0. The number of allylic oxidation sites excluding steroid dienone is 2. The van der Waals surface area contributed by atoms with Crippen LogP contribution in [0.5, 0.6) is 0 Å². The molecule has 0 fully saturated rings. The highest BCUT2D eigenvalue weighted by molar-refractivity contribution is 7.79. The second kappa shape index (κ2) is 23.3. The lowest BCUT2D eigenvalue weighted by molar-refractivity contribution is 1.09. The highest BCUT2D eigenvalue weighted by atomic mass is 32.1. The van der Waals surface area contributed by atoms with Crippen molar-refractivity contribution in [1.82, 2.24) is 0 Å². The maximum Gasteiger partial charge on any atom is -0.00992 e. The number of rotatable bonds is 2. The molecule has 0 aliphatic carbocycles. The average Bonchev–Trinajstić information content (AvgIpc) is 2.85. The lowest BCUT2D eigenvalue weighted by atomic mass is 9.92. The van der Waals surface area contributed by atoms with Gasteiger partial charge in [0, 0.05) is 0 Å². The van der Waals surface area contributed by atoms with Crippen LogP contribution < -0.4 is 0 Å². The van der Waals surface area contributed by atoms with Crippen LogP contribution in [-0.2, 0) is 0 Å². The minimum atomic E-state index is 1.25. The van der Waals surface area contributed by atoms with Crippen LogP contribution in [0.3, 0.4) is 0 Å². The first kappa shape index (κ1) is 32.7. The molecular formula is C29H46S. The first-order chi connectivity index (χ1) is 14.7. The summed E-state index contributed by atoms with van der Waals surface area (Å²) in [5.74, 6) is 0. The second-order valence-corrected chi connectivity index (χ2v) is 5.43. The monoisotopic (exact) mass is 426 g/mol. The Labute approximate surface area is 193 Å². The average molecular weight is 427 g/mol. The lowest BCUT2D eigenvalue weighted by Gasteiger charge is -2.12. The highest BCUT2D eigenvalue weighted by Crippen LogP contribution is 2.33. The predicted molar refractivity (Wildman–Crippen MR) is 150 cm³/mol. The van der Waals surface area contributed by atoms with Gasteiger partial charge in [-0.15, -0.1) is 0 Å². The minimum Gasteiger partial charge on any atom is -0.183 e. The van der Waals surface area contributed by atoms with E-state index in [2.05, 4.69) is 94.6 Å². The molecule has 0 saturated carbocycles. The van der Waals surface area contributed by atoms with Crippen LogP contribution in [0.15, 0.2) is 67.3 Å². The van der Waals surface area contributed by atoms with Crippen molar-refractivity contribution in [3.8, 4) is 0 Å². The van der Waals surface area contributed by atoms with Gasteiger partial charge in [0.15, 0.2) is 0 Å². The van der Waals surface area contributed by atoms with Crippen LogP contribution in [0.25, 0.3) is 27.6 Å². The normalized spacial score (nSPS) is 8.63. The Morgan fingerprint density at radius 3 is 1.43 bits per heavy atom. The Balaban J connectivity index is -0.000000574. The summed E-state index contributed by atoms with van der Waals surface area (Å²) >= 11 is 3.53. The topological polar surface area (TPSA) is 0 Å². The summed E-state index contributed by atoms with van der Waals surface area (Å²) in [6.45, 7) is 22.2. The molecule has 0 radical (unpaired) electrons. The third-order valence-corrected chi connectivity index (χ3v) is 3.64. The zero-order valence-corrected chi connectivity index (χ0v) is 22.1. The largest absolute Gasteiger partial charge is 0.183 e. The van der Waals surface area contributed by atoms with Crippen molar-refractivity contribution < 1.29 is 0 Å². The van der Waals surface area contributed by atoms with Gasteiger partial charge < -0.3 is 0 Å². The van der Waals surface area contributed by atoms with Crippen LogP contribution in [0.4, 0.5) is 0 Å². The van der Waals surface area contributed by atoms with Gasteiger partial charge >= 0.3 is 0 Å². The van der Waals surface area contributed by atoms with E-state index in [4.69, 9.17) is 0 Å². The molecular weight excluding hydrogens is 380 g/mol. The molecule has 3 rings (SSSR count). The molecule has 3 aromatic rings. The highest BCUT2D eigenvalue weighted by Gasteiger charge is 2.08. The lowest BCUT2D eigenvalue weighted by Crippen LogP contribution is -1.88. The van der Waals surface area contributed by atoms with Gasteiger partial charge in [-0.1, -0.05) is 135 Å². The summed E-state index contributed by atoms with van der Waals surface area (Å²) in [6.07, 6.45) is 8.92. The van der Waals surface area contributed by atoms with Crippen molar-refractivity contribution in [2.75, 3.05) is 6.26 Å². The maximum atomic E-state index is 3.76. The quantitative estimate of drug-likeness (QED) is 0.235. The van der Waals surface area contributed by atoms with Gasteiger partial charge in [0.05, 0.1) is 0 Å². The van der Waals surface area contributed by atoms with Crippen molar-refractivity contribution in [2.45, 2.75) is 68.7 Å². The molecule has 1 heteroatoms. The Morgan fingerprint density at radius 1 is 0.700 bits per heavy atom. The van der Waals surface area contributed by atoms with E-state index >= 15 is 0 Å². The fourth-order valence-corrected chi connectivity index (χ4v) is 2.72. The molecule has 0 saturated heterocycles. The van der Waals surface area contributed by atoms with Gasteiger partial charge in [-0.05, 0) is 45.9 Å². The molecule has 0 N–H and O–H groups in total. The summed E-state index contributed by atoms with van der Waals surface area (Å²) in [4.78, 5) is 0. The Bertz CT molecular complexity index is 813. The molecule has 0 heterocycles. The summed E-state index contributed by atoms with van der Waals surface area (Å²) in [5, 5.41) is 5.26. The van der Waals surface area contributed by atoms with E-state index in [0.717, 1.165) is 0 Å². The van der Waals surface area contributed by atoms with Crippen molar-refractivity contribution in [1.29, 1.82) is 0 Å². The molecule has 3 aromatic carbocycles. The van der Waals surface area contributed by atoms with E-state index in [-0.39, 0.29) is 0 Å². The number of thiol groups is 1. The van der Waals surface area contributed by atoms with E-state index in [1.165, 1.54) is 39.1 Å². The third-order valence-electron chi connectivity index (χ3n) is 3.64. The smallest absolute Gasteiger partial charge is 0.00992 e. The summed E-state index contributed by atoms with van der Waals surface area (Å²) in [5.41, 5.74) is 2.61. The SMILES string of the molecule is C=C/C=C\c1c(C)c2ccccc2c2ccccc12.CC.CC.CC.CCC.CS. The number of aryl methyl sites for hydroxylation is 1. The first-order valence-electron chi connectivity index (χ1n) is 11.4. The molecule has 0 nitrogen and oxygen atoms in total. The van der Waals surface area contributed by atoms with Gasteiger partial charge in [-0.25, -0.2) is 0 Å². The number of benzene rings is 3. The Morgan fingerprint density at radius 2 is 1.03 bits per heavy atom. The molecule has 0 bridgehead atoms. The molecule has 0 atom stereocenters. The fraction of sp³-hybridized carbons (Fsp3) is 0.379. The minimum absolute atomic E-state index is 1.25. The number of hydrogen-bond donors (Lipinski definition) is 1. The van der Waals surface area contributed by atoms with Crippen molar-refractivity contribution in [3.63, 3.8) is 0 Å². The third kappa shape index (κ3) is 10.2. The molecule has 0 aliphatic heterocycles. The van der Waals surface area contributed by atoms with Crippen molar-refractivity contribution >= 4 is 40.2 Å². The van der Waals surface area contributed by atoms with Crippen molar-refractivity contribution in [3.05, 3.63) is 78.4 Å². The van der Waals surface area contributed by atoms with E-state index < -0.39 is 0 Å². The number of fused-ring (bicyclic) bond motifs is 3. The van der Waals surface area contributed by atoms with E-state index in [9.17, 15) is 0 Å². The van der Waals surface area contributed by atoms with Crippen LogP contribution in [-0.4, -0.2) is 6.26 Å². The van der Waals surface area contributed by atoms with Gasteiger partial charge in [-0.3, -0.25) is 0 Å². The molecule has 0 unspecified atom stereocenters.